The maximum Gasteiger partial charge on any atom is 0.145 e. The number of methoxy groups -OCH3 is 2. The minimum atomic E-state index is -0.274. The number of piperazine rings is 1. The molecule has 1 fully saturated rings. The summed E-state index contributed by atoms with van der Waals surface area (Å²) in [6.45, 7) is 6.54. The van der Waals surface area contributed by atoms with Crippen molar-refractivity contribution in [2.45, 2.75) is 25.4 Å². The highest BCUT2D eigenvalue weighted by atomic mass is 19.1. The molecule has 0 aliphatic carbocycles. The molecule has 0 aromatic heterocycles. The molecule has 1 aliphatic rings. The topological polar surface area (TPSA) is 24.9 Å². The van der Waals surface area contributed by atoms with E-state index in [1.165, 1.54) is 17.7 Å². The molecule has 0 amide bonds. The normalized spacial score (nSPS) is 16.5. The zero-order valence-corrected chi connectivity index (χ0v) is 18.1. The Morgan fingerprint density at radius 3 is 2.40 bits per heavy atom. The molecule has 0 saturated carbocycles. The first-order chi connectivity index (χ1) is 14.7. The van der Waals surface area contributed by atoms with Crippen molar-refractivity contribution in [2.75, 3.05) is 51.8 Å². The van der Waals surface area contributed by atoms with Crippen molar-refractivity contribution in [1.29, 1.82) is 0 Å². The Labute approximate surface area is 179 Å². The van der Waals surface area contributed by atoms with Crippen LogP contribution in [0.15, 0.2) is 48.5 Å². The van der Waals surface area contributed by atoms with Crippen LogP contribution < -0.4 is 9.64 Å². The van der Waals surface area contributed by atoms with Crippen molar-refractivity contribution < 1.29 is 13.9 Å². The Morgan fingerprint density at radius 2 is 1.77 bits per heavy atom. The van der Waals surface area contributed by atoms with Gasteiger partial charge in [0.05, 0.1) is 12.8 Å². The molecule has 4 nitrogen and oxygen atoms in total. The van der Waals surface area contributed by atoms with Gasteiger partial charge in [0.1, 0.15) is 17.7 Å². The first-order valence-electron chi connectivity index (χ1n) is 10.5. The lowest BCUT2D eigenvalue weighted by atomic mass is 9.90. The lowest BCUT2D eigenvalue weighted by Gasteiger charge is -2.37. The molecule has 2 aromatic carbocycles. The van der Waals surface area contributed by atoms with E-state index < -0.39 is 0 Å². The number of rotatable bonds is 8. The van der Waals surface area contributed by atoms with E-state index in [1.807, 2.05) is 19.1 Å². The number of halogens is 1. The summed E-state index contributed by atoms with van der Waals surface area (Å²) >= 11 is 0. The van der Waals surface area contributed by atoms with E-state index in [1.54, 1.807) is 14.2 Å². The molecule has 3 rings (SSSR count). The van der Waals surface area contributed by atoms with Crippen LogP contribution in [0.3, 0.4) is 0 Å². The van der Waals surface area contributed by atoms with Gasteiger partial charge in [0, 0.05) is 45.3 Å². The van der Waals surface area contributed by atoms with E-state index in [0.717, 1.165) is 44.8 Å². The quantitative estimate of drug-likeness (QED) is 0.610. The van der Waals surface area contributed by atoms with Gasteiger partial charge in [-0.2, -0.15) is 0 Å². The molecule has 1 aliphatic heterocycles. The first kappa shape index (κ1) is 22.1. The van der Waals surface area contributed by atoms with E-state index in [0.29, 0.717) is 5.75 Å². The van der Waals surface area contributed by atoms with Crippen LogP contribution in [0.5, 0.6) is 5.75 Å². The molecule has 30 heavy (non-hydrogen) atoms. The van der Waals surface area contributed by atoms with Gasteiger partial charge in [-0.25, -0.2) is 4.39 Å². The van der Waals surface area contributed by atoms with E-state index in [9.17, 15) is 4.39 Å². The van der Waals surface area contributed by atoms with Crippen LogP contribution in [-0.4, -0.2) is 57.9 Å². The summed E-state index contributed by atoms with van der Waals surface area (Å²) in [6.07, 6.45) is 0.874. The molecular formula is C25H31FN2O2. The summed E-state index contributed by atoms with van der Waals surface area (Å²) in [4.78, 5) is 4.75. The Bertz CT molecular complexity index is 854. The van der Waals surface area contributed by atoms with E-state index in [-0.39, 0.29) is 17.8 Å². The molecule has 5 heteroatoms. The Kier molecular flexibility index (Phi) is 8.12. The minimum Gasteiger partial charge on any atom is -0.494 e. The molecule has 0 spiro atoms. The number of ether oxygens (including phenoxy) is 2. The van der Waals surface area contributed by atoms with E-state index >= 15 is 0 Å². The van der Waals surface area contributed by atoms with Crippen molar-refractivity contribution in [1.82, 2.24) is 4.90 Å². The van der Waals surface area contributed by atoms with Crippen LogP contribution in [0.4, 0.5) is 10.1 Å². The lowest BCUT2D eigenvalue weighted by molar-refractivity contribution is 0.114. The summed E-state index contributed by atoms with van der Waals surface area (Å²) < 4.78 is 24.6. The van der Waals surface area contributed by atoms with Gasteiger partial charge in [0.25, 0.3) is 0 Å². The van der Waals surface area contributed by atoms with Gasteiger partial charge in [0.15, 0.2) is 0 Å². The largest absolute Gasteiger partial charge is 0.494 e. The number of anilines is 1. The summed E-state index contributed by atoms with van der Waals surface area (Å²) in [5.74, 6) is 6.79. The van der Waals surface area contributed by atoms with Crippen molar-refractivity contribution in [2.24, 2.45) is 0 Å². The fraction of sp³-hybridized carbons (Fsp3) is 0.440. The second-order valence-electron chi connectivity index (χ2n) is 7.50. The van der Waals surface area contributed by atoms with Crippen molar-refractivity contribution >= 4 is 5.69 Å². The van der Waals surface area contributed by atoms with Gasteiger partial charge in [0.2, 0.25) is 0 Å². The molecule has 0 N–H and O–H groups in total. The van der Waals surface area contributed by atoms with Gasteiger partial charge in [-0.05, 0) is 37.6 Å². The molecule has 0 radical (unpaired) electrons. The summed E-state index contributed by atoms with van der Waals surface area (Å²) in [5.41, 5.74) is 2.22. The Balaban J connectivity index is 1.61. The maximum atomic E-state index is 13.5. The fourth-order valence-corrected chi connectivity index (χ4v) is 4.11. The third-order valence-electron chi connectivity index (χ3n) is 5.74. The van der Waals surface area contributed by atoms with Gasteiger partial charge in [-0.3, -0.25) is 4.90 Å². The Hall–Kier alpha value is -2.55. The minimum absolute atomic E-state index is 0.109. The number of nitrogens with zero attached hydrogens (tertiary/aromatic N) is 2. The third-order valence-corrected chi connectivity index (χ3v) is 5.74. The zero-order valence-electron chi connectivity index (χ0n) is 18.1. The summed E-state index contributed by atoms with van der Waals surface area (Å²) in [5, 5.41) is 0. The number of hydrogen-bond donors (Lipinski definition) is 0. The monoisotopic (exact) mass is 410 g/mol. The molecule has 2 unspecified atom stereocenters. The van der Waals surface area contributed by atoms with Crippen LogP contribution in [0, 0.1) is 17.7 Å². The van der Waals surface area contributed by atoms with E-state index in [2.05, 4.69) is 45.9 Å². The third kappa shape index (κ3) is 5.53. The first-order valence-corrected chi connectivity index (χ1v) is 10.5. The van der Waals surface area contributed by atoms with Crippen LogP contribution in [-0.2, 0) is 4.74 Å². The molecule has 2 aromatic rings. The fourth-order valence-electron chi connectivity index (χ4n) is 4.11. The SMILES string of the molecule is CC#CC(OC)C(CCN1CCN(c2ccc(F)cc2OC)CC1)c1ccccc1. The maximum absolute atomic E-state index is 13.5. The van der Waals surface area contributed by atoms with Gasteiger partial charge < -0.3 is 14.4 Å². The van der Waals surface area contributed by atoms with Gasteiger partial charge >= 0.3 is 0 Å². The van der Waals surface area contributed by atoms with Crippen LogP contribution >= 0.6 is 0 Å². The predicted molar refractivity (Wildman–Crippen MR) is 120 cm³/mol. The molecule has 160 valence electrons. The second-order valence-corrected chi connectivity index (χ2v) is 7.50. The Morgan fingerprint density at radius 1 is 1.03 bits per heavy atom. The molecule has 1 heterocycles. The van der Waals surface area contributed by atoms with Crippen molar-refractivity contribution in [3.63, 3.8) is 0 Å². The second kappa shape index (κ2) is 11.0. The highest BCUT2D eigenvalue weighted by Crippen LogP contribution is 2.30. The van der Waals surface area contributed by atoms with Crippen molar-refractivity contribution in [3.8, 4) is 17.6 Å². The van der Waals surface area contributed by atoms with Gasteiger partial charge in [-0.1, -0.05) is 36.3 Å². The lowest BCUT2D eigenvalue weighted by Crippen LogP contribution is -2.47. The zero-order chi connectivity index (χ0) is 21.3. The predicted octanol–water partition coefficient (Wildman–Crippen LogP) is 4.17. The van der Waals surface area contributed by atoms with Crippen molar-refractivity contribution in [3.05, 3.63) is 59.9 Å². The smallest absolute Gasteiger partial charge is 0.145 e. The van der Waals surface area contributed by atoms with Crippen LogP contribution in [0.1, 0.15) is 24.8 Å². The highest BCUT2D eigenvalue weighted by Gasteiger charge is 2.24. The molecule has 1 saturated heterocycles. The molecular weight excluding hydrogens is 379 g/mol. The average molecular weight is 411 g/mol. The molecule has 2 atom stereocenters. The van der Waals surface area contributed by atoms with Crippen LogP contribution in [0.2, 0.25) is 0 Å². The van der Waals surface area contributed by atoms with Crippen LogP contribution in [0.25, 0.3) is 0 Å². The highest BCUT2D eigenvalue weighted by molar-refractivity contribution is 5.59. The summed E-state index contributed by atoms with van der Waals surface area (Å²) in [7, 11) is 3.32. The van der Waals surface area contributed by atoms with E-state index in [4.69, 9.17) is 9.47 Å². The van der Waals surface area contributed by atoms with Gasteiger partial charge in [-0.15, -0.1) is 5.92 Å². The number of benzene rings is 2. The molecule has 0 bridgehead atoms. The standard InChI is InChI=1S/C25H31FN2O2/c1-4-8-24(29-2)22(20-9-6-5-7-10-20)13-14-27-15-17-28(18-16-27)23-12-11-21(26)19-25(23)30-3/h5-7,9-12,19,22,24H,13-18H2,1-3H3. The average Bonchev–Trinajstić information content (AvgIpc) is 2.79. The summed E-state index contributed by atoms with van der Waals surface area (Å²) in [6, 6.07) is 15.3. The number of hydrogen-bond acceptors (Lipinski definition) is 4.